The van der Waals surface area contributed by atoms with Crippen molar-refractivity contribution in [3.8, 4) is 5.75 Å². The first-order valence-corrected chi connectivity index (χ1v) is 9.53. The third kappa shape index (κ3) is 3.86. The molecule has 1 aromatic carbocycles. The Kier molecular flexibility index (Phi) is 5.97. The average molecular weight is 383 g/mol. The van der Waals surface area contributed by atoms with Crippen LogP contribution in [0.4, 0.5) is 0 Å². The Morgan fingerprint density at radius 1 is 1.25 bits per heavy atom. The van der Waals surface area contributed by atoms with Crippen LogP contribution in [0.2, 0.25) is 0 Å². The quantitative estimate of drug-likeness (QED) is 0.464. The second kappa shape index (κ2) is 8.42. The number of allylic oxidation sites excluding steroid dienone is 2. The number of ketones is 1. The normalized spacial score (nSPS) is 24.3. The number of carbonyl (C=O) groups is 3. The van der Waals surface area contributed by atoms with Gasteiger partial charge in [-0.05, 0) is 37.0 Å². The van der Waals surface area contributed by atoms with Crippen LogP contribution in [0.15, 0.2) is 48.2 Å². The van der Waals surface area contributed by atoms with Crippen molar-refractivity contribution in [3.63, 3.8) is 0 Å². The van der Waals surface area contributed by atoms with Gasteiger partial charge in [-0.3, -0.25) is 14.4 Å². The van der Waals surface area contributed by atoms with Gasteiger partial charge in [-0.1, -0.05) is 31.7 Å². The van der Waals surface area contributed by atoms with Gasteiger partial charge in [-0.25, -0.2) is 0 Å². The summed E-state index contributed by atoms with van der Waals surface area (Å²) in [5, 5.41) is 2.84. The standard InChI is InChI=1S/C22H25NO5/c1-4-10-28-15-8-6-14(7-9-15)16-12-18(24)23-17-11-13(3)19(21(25)20(16)17)22(26)27-5-2/h4,6-9,13,16,19H,1,5,10-12H2,2-3H3,(H,23,24). The maximum absolute atomic E-state index is 13.2. The summed E-state index contributed by atoms with van der Waals surface area (Å²) >= 11 is 0. The second-order valence-corrected chi connectivity index (χ2v) is 7.14. The molecule has 1 amide bonds. The molecule has 1 heterocycles. The topological polar surface area (TPSA) is 81.7 Å². The fourth-order valence-electron chi connectivity index (χ4n) is 3.94. The molecule has 2 aliphatic rings. The molecule has 28 heavy (non-hydrogen) atoms. The van der Waals surface area contributed by atoms with E-state index in [1.807, 2.05) is 31.2 Å². The van der Waals surface area contributed by atoms with Crippen LogP contribution in [0, 0.1) is 11.8 Å². The number of amides is 1. The van der Waals surface area contributed by atoms with Crippen molar-refractivity contribution in [2.45, 2.75) is 32.6 Å². The van der Waals surface area contributed by atoms with E-state index in [1.54, 1.807) is 13.0 Å². The molecule has 0 radical (unpaired) electrons. The molecule has 0 aromatic heterocycles. The second-order valence-electron chi connectivity index (χ2n) is 7.14. The smallest absolute Gasteiger partial charge is 0.317 e. The summed E-state index contributed by atoms with van der Waals surface area (Å²) in [4.78, 5) is 37.9. The maximum atomic E-state index is 13.2. The largest absolute Gasteiger partial charge is 0.490 e. The van der Waals surface area contributed by atoms with E-state index in [4.69, 9.17) is 9.47 Å². The van der Waals surface area contributed by atoms with Gasteiger partial charge in [0.1, 0.15) is 18.3 Å². The van der Waals surface area contributed by atoms with E-state index >= 15 is 0 Å². The van der Waals surface area contributed by atoms with Gasteiger partial charge in [0.05, 0.1) is 6.61 Å². The lowest BCUT2D eigenvalue weighted by Gasteiger charge is -2.36. The van der Waals surface area contributed by atoms with Crippen molar-refractivity contribution in [3.05, 3.63) is 53.8 Å². The number of hydrogen-bond acceptors (Lipinski definition) is 5. The molecule has 0 fully saturated rings. The molecule has 1 aliphatic heterocycles. The third-order valence-corrected chi connectivity index (χ3v) is 5.19. The summed E-state index contributed by atoms with van der Waals surface area (Å²) in [5.74, 6) is -1.60. The number of Topliss-reactive ketones (excluding diaryl/α,β-unsaturated/α-hetero) is 1. The van der Waals surface area contributed by atoms with Gasteiger partial charge < -0.3 is 14.8 Å². The average Bonchev–Trinajstić information content (AvgIpc) is 2.66. The van der Waals surface area contributed by atoms with Crippen molar-refractivity contribution in [2.75, 3.05) is 13.2 Å². The van der Waals surface area contributed by atoms with Crippen molar-refractivity contribution in [1.29, 1.82) is 0 Å². The van der Waals surface area contributed by atoms with E-state index in [2.05, 4.69) is 11.9 Å². The lowest BCUT2D eigenvalue weighted by molar-refractivity contribution is -0.153. The Hall–Kier alpha value is -2.89. The van der Waals surface area contributed by atoms with Crippen LogP contribution in [-0.2, 0) is 19.1 Å². The van der Waals surface area contributed by atoms with Gasteiger partial charge in [-0.2, -0.15) is 0 Å². The summed E-state index contributed by atoms with van der Waals surface area (Å²) in [5.41, 5.74) is 2.00. The zero-order chi connectivity index (χ0) is 20.3. The van der Waals surface area contributed by atoms with Gasteiger partial charge in [0.25, 0.3) is 0 Å². The first-order valence-electron chi connectivity index (χ1n) is 9.53. The minimum atomic E-state index is -0.827. The minimum Gasteiger partial charge on any atom is -0.490 e. The molecule has 1 N–H and O–H groups in total. The molecular weight excluding hydrogens is 358 g/mol. The van der Waals surface area contributed by atoms with Crippen LogP contribution in [0.1, 0.15) is 38.2 Å². The Bertz CT molecular complexity index is 824. The van der Waals surface area contributed by atoms with E-state index in [0.29, 0.717) is 30.0 Å². The highest BCUT2D eigenvalue weighted by atomic mass is 16.5. The Morgan fingerprint density at radius 2 is 1.96 bits per heavy atom. The Balaban J connectivity index is 1.94. The number of ether oxygens (including phenoxy) is 2. The van der Waals surface area contributed by atoms with Gasteiger partial charge in [0, 0.05) is 23.6 Å². The van der Waals surface area contributed by atoms with Crippen molar-refractivity contribution in [2.24, 2.45) is 11.8 Å². The van der Waals surface area contributed by atoms with Crippen molar-refractivity contribution in [1.82, 2.24) is 5.32 Å². The maximum Gasteiger partial charge on any atom is 0.317 e. The zero-order valence-corrected chi connectivity index (χ0v) is 16.2. The van der Waals surface area contributed by atoms with Crippen LogP contribution >= 0.6 is 0 Å². The first-order chi connectivity index (χ1) is 13.5. The first kappa shape index (κ1) is 19.9. The van der Waals surface area contributed by atoms with E-state index in [9.17, 15) is 14.4 Å². The SMILES string of the molecule is C=CCOc1ccc(C2CC(=O)NC3=C2C(=O)C(C(=O)OCC)C(C)C3)cc1. The van der Waals surface area contributed by atoms with Gasteiger partial charge >= 0.3 is 5.97 Å². The highest BCUT2D eigenvalue weighted by Gasteiger charge is 2.45. The molecule has 0 saturated heterocycles. The number of nitrogens with one attached hydrogen (secondary N) is 1. The summed E-state index contributed by atoms with van der Waals surface area (Å²) in [6.07, 6.45) is 2.29. The molecule has 6 nitrogen and oxygen atoms in total. The predicted molar refractivity (Wildman–Crippen MR) is 104 cm³/mol. The van der Waals surface area contributed by atoms with E-state index in [0.717, 1.165) is 5.56 Å². The van der Waals surface area contributed by atoms with Gasteiger partial charge in [0.15, 0.2) is 5.78 Å². The molecule has 3 atom stereocenters. The molecule has 6 heteroatoms. The molecule has 1 aromatic rings. The molecule has 1 aliphatic carbocycles. The van der Waals surface area contributed by atoms with Crippen molar-refractivity contribution >= 4 is 17.7 Å². The van der Waals surface area contributed by atoms with Crippen LogP contribution in [0.5, 0.6) is 5.75 Å². The molecule has 0 spiro atoms. The number of benzene rings is 1. The fourth-order valence-corrected chi connectivity index (χ4v) is 3.94. The predicted octanol–water partition coefficient (Wildman–Crippen LogP) is 2.90. The molecule has 0 bridgehead atoms. The lowest BCUT2D eigenvalue weighted by atomic mass is 9.70. The highest BCUT2D eigenvalue weighted by molar-refractivity contribution is 6.11. The van der Waals surface area contributed by atoms with Crippen molar-refractivity contribution < 1.29 is 23.9 Å². The molecular formula is C22H25NO5. The number of hydrogen-bond donors (Lipinski definition) is 1. The van der Waals surface area contributed by atoms with Crippen LogP contribution in [-0.4, -0.2) is 30.9 Å². The number of esters is 1. The Labute approximate surface area is 164 Å². The van der Waals surface area contributed by atoms with Crippen LogP contribution in [0.3, 0.4) is 0 Å². The summed E-state index contributed by atoms with van der Waals surface area (Å²) < 4.78 is 10.6. The summed E-state index contributed by atoms with van der Waals surface area (Å²) in [7, 11) is 0. The molecule has 148 valence electrons. The highest BCUT2D eigenvalue weighted by Crippen LogP contribution is 2.42. The fraction of sp³-hybridized carbons (Fsp3) is 0.409. The van der Waals surface area contributed by atoms with Gasteiger partial charge in [0.2, 0.25) is 5.91 Å². The van der Waals surface area contributed by atoms with E-state index < -0.39 is 11.9 Å². The lowest BCUT2D eigenvalue weighted by Crippen LogP contribution is -2.44. The van der Waals surface area contributed by atoms with Crippen LogP contribution < -0.4 is 10.1 Å². The zero-order valence-electron chi connectivity index (χ0n) is 16.2. The Morgan fingerprint density at radius 3 is 2.61 bits per heavy atom. The monoisotopic (exact) mass is 383 g/mol. The van der Waals surface area contributed by atoms with E-state index in [1.165, 1.54) is 0 Å². The van der Waals surface area contributed by atoms with E-state index in [-0.39, 0.29) is 36.6 Å². The third-order valence-electron chi connectivity index (χ3n) is 5.19. The summed E-state index contributed by atoms with van der Waals surface area (Å²) in [6, 6.07) is 7.34. The number of carbonyl (C=O) groups excluding carboxylic acids is 3. The van der Waals surface area contributed by atoms with Crippen LogP contribution in [0.25, 0.3) is 0 Å². The summed E-state index contributed by atoms with van der Waals surface area (Å²) in [6.45, 7) is 7.81. The minimum absolute atomic E-state index is 0.120. The molecule has 3 unspecified atom stereocenters. The number of rotatable bonds is 6. The molecule has 0 saturated carbocycles. The molecule has 3 rings (SSSR count). The van der Waals surface area contributed by atoms with Gasteiger partial charge in [-0.15, -0.1) is 0 Å².